The second-order valence-corrected chi connectivity index (χ2v) is 6.46. The SMILES string of the molecule is CC(CN1CCCCC1)NC(=O)NC1(C(=O)O)CCCC1. The molecule has 1 unspecified atom stereocenters. The van der Waals surface area contributed by atoms with Crippen LogP contribution in [0.25, 0.3) is 0 Å². The van der Waals surface area contributed by atoms with Gasteiger partial charge in [-0.05, 0) is 45.7 Å². The summed E-state index contributed by atoms with van der Waals surface area (Å²) < 4.78 is 0. The average Bonchev–Trinajstić information content (AvgIpc) is 2.89. The molecule has 2 amide bonds. The molecule has 1 heterocycles. The van der Waals surface area contributed by atoms with E-state index in [0.717, 1.165) is 32.5 Å². The lowest BCUT2D eigenvalue weighted by atomic mass is 9.98. The molecule has 21 heavy (non-hydrogen) atoms. The maximum absolute atomic E-state index is 12.1. The Labute approximate surface area is 126 Å². The van der Waals surface area contributed by atoms with Crippen molar-refractivity contribution < 1.29 is 14.7 Å². The molecule has 1 saturated carbocycles. The van der Waals surface area contributed by atoms with Crippen LogP contribution in [0.5, 0.6) is 0 Å². The molecule has 1 aliphatic heterocycles. The molecule has 0 aromatic heterocycles. The van der Waals surface area contributed by atoms with Crippen LogP contribution in [-0.2, 0) is 4.79 Å². The number of hydrogen-bond acceptors (Lipinski definition) is 3. The Morgan fingerprint density at radius 1 is 1.14 bits per heavy atom. The van der Waals surface area contributed by atoms with Crippen molar-refractivity contribution in [1.82, 2.24) is 15.5 Å². The molecule has 6 heteroatoms. The van der Waals surface area contributed by atoms with Gasteiger partial charge in [0.2, 0.25) is 0 Å². The fraction of sp³-hybridized carbons (Fsp3) is 0.867. The first-order valence-electron chi connectivity index (χ1n) is 8.06. The highest BCUT2D eigenvalue weighted by molar-refractivity contribution is 5.86. The van der Waals surface area contributed by atoms with E-state index in [4.69, 9.17) is 0 Å². The summed E-state index contributed by atoms with van der Waals surface area (Å²) in [6, 6.07) is -0.334. The maximum atomic E-state index is 12.1. The van der Waals surface area contributed by atoms with E-state index in [-0.39, 0.29) is 12.1 Å². The number of urea groups is 1. The summed E-state index contributed by atoms with van der Waals surface area (Å²) in [6.07, 6.45) is 6.50. The summed E-state index contributed by atoms with van der Waals surface area (Å²) >= 11 is 0. The zero-order chi connectivity index (χ0) is 15.3. The summed E-state index contributed by atoms with van der Waals surface area (Å²) in [7, 11) is 0. The lowest BCUT2D eigenvalue weighted by molar-refractivity contribution is -0.144. The van der Waals surface area contributed by atoms with E-state index in [2.05, 4.69) is 15.5 Å². The van der Waals surface area contributed by atoms with Crippen molar-refractivity contribution in [3.8, 4) is 0 Å². The smallest absolute Gasteiger partial charge is 0.329 e. The van der Waals surface area contributed by atoms with Gasteiger partial charge in [0.15, 0.2) is 0 Å². The third-order valence-corrected chi connectivity index (χ3v) is 4.58. The van der Waals surface area contributed by atoms with Crippen molar-refractivity contribution >= 4 is 12.0 Å². The minimum absolute atomic E-state index is 0.0235. The first-order valence-corrected chi connectivity index (χ1v) is 8.06. The van der Waals surface area contributed by atoms with E-state index in [1.54, 1.807) is 0 Å². The fourth-order valence-corrected chi connectivity index (χ4v) is 3.42. The van der Waals surface area contributed by atoms with Gasteiger partial charge >= 0.3 is 12.0 Å². The van der Waals surface area contributed by atoms with Gasteiger partial charge in [-0.15, -0.1) is 0 Å². The normalized spacial score (nSPS) is 23.5. The summed E-state index contributed by atoms with van der Waals surface area (Å²) in [5.41, 5.74) is -1.06. The molecule has 0 aromatic rings. The minimum atomic E-state index is -1.06. The summed E-state index contributed by atoms with van der Waals surface area (Å²) in [6.45, 7) is 4.98. The molecule has 1 saturated heterocycles. The Morgan fingerprint density at radius 3 is 2.33 bits per heavy atom. The van der Waals surface area contributed by atoms with Crippen LogP contribution in [0.15, 0.2) is 0 Å². The van der Waals surface area contributed by atoms with Crippen molar-refractivity contribution in [3.63, 3.8) is 0 Å². The number of hydrogen-bond donors (Lipinski definition) is 3. The van der Waals surface area contributed by atoms with Gasteiger partial charge in [0.25, 0.3) is 0 Å². The molecule has 120 valence electrons. The molecular weight excluding hydrogens is 270 g/mol. The molecule has 0 aromatic carbocycles. The van der Waals surface area contributed by atoms with Gasteiger partial charge in [0, 0.05) is 12.6 Å². The number of nitrogens with one attached hydrogen (secondary N) is 2. The number of carbonyl (C=O) groups excluding carboxylic acids is 1. The van der Waals surface area contributed by atoms with Crippen LogP contribution < -0.4 is 10.6 Å². The predicted octanol–water partition coefficient (Wildman–Crippen LogP) is 1.56. The Hall–Kier alpha value is -1.30. The maximum Gasteiger partial charge on any atom is 0.329 e. The highest BCUT2D eigenvalue weighted by Crippen LogP contribution is 2.29. The van der Waals surface area contributed by atoms with Gasteiger partial charge in [-0.1, -0.05) is 19.3 Å². The van der Waals surface area contributed by atoms with E-state index < -0.39 is 11.5 Å². The standard InChI is InChI=1S/C15H27N3O3/c1-12(11-18-9-5-2-6-10-18)16-14(21)17-15(13(19)20)7-3-4-8-15/h12H,2-11H2,1H3,(H,19,20)(H2,16,17,21). The molecule has 0 radical (unpaired) electrons. The quantitative estimate of drug-likeness (QED) is 0.719. The van der Waals surface area contributed by atoms with Gasteiger partial charge < -0.3 is 20.6 Å². The monoisotopic (exact) mass is 297 g/mol. The van der Waals surface area contributed by atoms with E-state index in [1.807, 2.05) is 6.92 Å². The number of carboxylic acid groups (broad SMARTS) is 1. The van der Waals surface area contributed by atoms with Gasteiger partial charge in [-0.2, -0.15) is 0 Å². The second-order valence-electron chi connectivity index (χ2n) is 6.46. The minimum Gasteiger partial charge on any atom is -0.480 e. The number of piperidine rings is 1. The van der Waals surface area contributed by atoms with Crippen LogP contribution in [0.2, 0.25) is 0 Å². The topological polar surface area (TPSA) is 81.7 Å². The molecule has 1 atom stereocenters. The summed E-state index contributed by atoms with van der Waals surface area (Å²) in [4.78, 5) is 25.8. The van der Waals surface area contributed by atoms with Crippen LogP contribution in [0.4, 0.5) is 4.79 Å². The molecule has 2 aliphatic rings. The molecule has 2 rings (SSSR count). The Bertz CT molecular complexity index is 374. The van der Waals surface area contributed by atoms with Crippen LogP contribution in [0.1, 0.15) is 51.9 Å². The van der Waals surface area contributed by atoms with Crippen LogP contribution in [-0.4, -0.2) is 53.2 Å². The number of carboxylic acids is 1. The lowest BCUT2D eigenvalue weighted by Gasteiger charge is -2.30. The van der Waals surface area contributed by atoms with Crippen LogP contribution in [0, 0.1) is 0 Å². The van der Waals surface area contributed by atoms with Crippen molar-refractivity contribution in [2.24, 2.45) is 0 Å². The molecule has 0 bridgehead atoms. The fourth-order valence-electron chi connectivity index (χ4n) is 3.42. The summed E-state index contributed by atoms with van der Waals surface area (Å²) in [5.74, 6) is -0.918. The molecule has 3 N–H and O–H groups in total. The van der Waals surface area contributed by atoms with Crippen molar-refractivity contribution in [3.05, 3.63) is 0 Å². The molecule has 0 spiro atoms. The number of rotatable bonds is 5. The van der Waals surface area contributed by atoms with Crippen molar-refractivity contribution in [2.75, 3.05) is 19.6 Å². The average molecular weight is 297 g/mol. The lowest BCUT2D eigenvalue weighted by Crippen LogP contribution is -2.57. The van der Waals surface area contributed by atoms with Crippen LogP contribution >= 0.6 is 0 Å². The largest absolute Gasteiger partial charge is 0.480 e. The third-order valence-electron chi connectivity index (χ3n) is 4.58. The number of likely N-dealkylation sites (tertiary alicyclic amines) is 1. The van der Waals surface area contributed by atoms with Gasteiger partial charge in [0.1, 0.15) is 5.54 Å². The Kier molecular flexibility index (Phi) is 5.45. The molecular formula is C15H27N3O3. The zero-order valence-corrected chi connectivity index (χ0v) is 12.9. The van der Waals surface area contributed by atoms with E-state index in [9.17, 15) is 14.7 Å². The first-order chi connectivity index (χ1) is 10.0. The number of carbonyl (C=O) groups is 2. The van der Waals surface area contributed by atoms with Crippen molar-refractivity contribution in [1.29, 1.82) is 0 Å². The van der Waals surface area contributed by atoms with Crippen molar-refractivity contribution in [2.45, 2.75) is 63.5 Å². The zero-order valence-electron chi connectivity index (χ0n) is 12.9. The number of aliphatic carboxylic acids is 1. The second kappa shape index (κ2) is 7.11. The number of amides is 2. The van der Waals surface area contributed by atoms with Gasteiger partial charge in [-0.3, -0.25) is 0 Å². The first kappa shape index (κ1) is 16.1. The van der Waals surface area contributed by atoms with Gasteiger partial charge in [-0.25, -0.2) is 9.59 Å². The third kappa shape index (κ3) is 4.33. The predicted molar refractivity (Wildman–Crippen MR) is 80.3 cm³/mol. The highest BCUT2D eigenvalue weighted by Gasteiger charge is 2.42. The van der Waals surface area contributed by atoms with Gasteiger partial charge in [0.05, 0.1) is 0 Å². The van der Waals surface area contributed by atoms with E-state index in [1.165, 1.54) is 19.3 Å². The van der Waals surface area contributed by atoms with E-state index >= 15 is 0 Å². The number of nitrogens with zero attached hydrogens (tertiary/aromatic N) is 1. The Balaban J connectivity index is 1.78. The van der Waals surface area contributed by atoms with Crippen LogP contribution in [0.3, 0.4) is 0 Å². The Morgan fingerprint density at radius 2 is 1.76 bits per heavy atom. The molecule has 6 nitrogen and oxygen atoms in total. The van der Waals surface area contributed by atoms with E-state index in [0.29, 0.717) is 12.8 Å². The molecule has 2 fully saturated rings. The molecule has 1 aliphatic carbocycles. The highest BCUT2D eigenvalue weighted by atomic mass is 16.4. The summed E-state index contributed by atoms with van der Waals surface area (Å²) in [5, 5.41) is 14.9.